The number of aliphatic hydroxyl groups excluding tert-OH is 1. The van der Waals surface area contributed by atoms with Gasteiger partial charge in [0.1, 0.15) is 0 Å². The summed E-state index contributed by atoms with van der Waals surface area (Å²) < 4.78 is 0. The molecule has 0 spiro atoms. The molecule has 2 nitrogen and oxygen atoms in total. The molecule has 0 aromatic heterocycles. The lowest BCUT2D eigenvalue weighted by Gasteiger charge is -2.16. The van der Waals surface area contributed by atoms with Crippen molar-refractivity contribution in [3.63, 3.8) is 0 Å². The summed E-state index contributed by atoms with van der Waals surface area (Å²) in [4.78, 5) is 0. The van der Waals surface area contributed by atoms with Gasteiger partial charge in [0, 0.05) is 18.6 Å². The van der Waals surface area contributed by atoms with Gasteiger partial charge in [-0.1, -0.05) is 36.2 Å². The molecule has 88 valence electrons. The molecule has 1 aromatic carbocycles. The number of hydrogen-bond donors (Lipinski definition) is 2. The van der Waals surface area contributed by atoms with Gasteiger partial charge in [0.2, 0.25) is 0 Å². The Morgan fingerprint density at radius 1 is 1.38 bits per heavy atom. The molecule has 0 amide bonds. The van der Waals surface area contributed by atoms with Crippen molar-refractivity contribution in [1.82, 2.24) is 0 Å². The van der Waals surface area contributed by atoms with Crippen LogP contribution in [0.1, 0.15) is 12.5 Å². The summed E-state index contributed by atoms with van der Waals surface area (Å²) >= 11 is 11.9. The van der Waals surface area contributed by atoms with Crippen LogP contribution < -0.4 is 5.73 Å². The van der Waals surface area contributed by atoms with Crippen LogP contribution in [0, 0.1) is 11.8 Å². The van der Waals surface area contributed by atoms with E-state index in [1.165, 1.54) is 0 Å². The fourth-order valence-corrected chi connectivity index (χ4v) is 3.06. The van der Waals surface area contributed by atoms with Gasteiger partial charge in [-0.15, -0.1) is 0 Å². The van der Waals surface area contributed by atoms with E-state index in [9.17, 15) is 5.11 Å². The Hall–Kier alpha value is -0.280. The zero-order valence-electron chi connectivity index (χ0n) is 9.08. The highest BCUT2D eigenvalue weighted by atomic mass is 35.5. The molecule has 1 aliphatic carbocycles. The highest BCUT2D eigenvalue weighted by Crippen LogP contribution is 2.59. The van der Waals surface area contributed by atoms with E-state index >= 15 is 0 Å². The van der Waals surface area contributed by atoms with Crippen LogP contribution >= 0.6 is 23.2 Å². The lowest BCUT2D eigenvalue weighted by atomic mass is 9.92. The van der Waals surface area contributed by atoms with E-state index in [0.29, 0.717) is 22.5 Å². The van der Waals surface area contributed by atoms with E-state index in [0.717, 1.165) is 5.56 Å². The van der Waals surface area contributed by atoms with Crippen LogP contribution in [-0.4, -0.2) is 18.3 Å². The first-order valence-electron chi connectivity index (χ1n) is 5.34. The predicted octanol–water partition coefficient (Wildman–Crippen LogP) is 2.45. The third kappa shape index (κ3) is 1.56. The van der Waals surface area contributed by atoms with Gasteiger partial charge < -0.3 is 10.8 Å². The second-order valence-corrected chi connectivity index (χ2v) is 5.27. The molecule has 1 saturated carbocycles. The van der Waals surface area contributed by atoms with E-state index in [1.54, 1.807) is 6.07 Å². The normalized spacial score (nSPS) is 32.8. The second-order valence-electron chi connectivity index (χ2n) is 4.45. The number of halogens is 2. The van der Waals surface area contributed by atoms with Crippen molar-refractivity contribution in [3.05, 3.63) is 33.8 Å². The van der Waals surface area contributed by atoms with Crippen LogP contribution in [0.15, 0.2) is 18.2 Å². The largest absolute Gasteiger partial charge is 0.396 e. The van der Waals surface area contributed by atoms with E-state index < -0.39 is 0 Å². The maximum atomic E-state index is 9.31. The fourth-order valence-electron chi connectivity index (χ4n) is 2.76. The number of benzene rings is 1. The number of nitrogens with two attached hydrogens (primary N) is 1. The fraction of sp³-hybridized carbons (Fsp3) is 0.500. The van der Waals surface area contributed by atoms with Crippen molar-refractivity contribution in [2.75, 3.05) is 13.2 Å². The molecule has 3 atom stereocenters. The number of aliphatic hydroxyl groups is 1. The molecule has 1 aliphatic rings. The maximum Gasteiger partial charge on any atom is 0.0595 e. The number of hydrogen-bond acceptors (Lipinski definition) is 2. The molecule has 1 aromatic rings. The molecule has 0 aliphatic heterocycles. The van der Waals surface area contributed by atoms with Crippen molar-refractivity contribution < 1.29 is 5.11 Å². The molecule has 2 rings (SSSR count). The van der Waals surface area contributed by atoms with Gasteiger partial charge in [0.05, 0.1) is 10.0 Å². The van der Waals surface area contributed by atoms with E-state index in [4.69, 9.17) is 28.9 Å². The first-order valence-corrected chi connectivity index (χ1v) is 6.10. The summed E-state index contributed by atoms with van der Waals surface area (Å²) in [5.74, 6) is 0.620. The maximum absolute atomic E-state index is 9.31. The molecule has 0 saturated heterocycles. The van der Waals surface area contributed by atoms with Crippen molar-refractivity contribution in [2.45, 2.75) is 12.3 Å². The minimum atomic E-state index is -0.122. The molecule has 3 N–H and O–H groups in total. The monoisotopic (exact) mass is 259 g/mol. The average molecular weight is 260 g/mol. The van der Waals surface area contributed by atoms with Crippen LogP contribution in [-0.2, 0) is 5.41 Å². The minimum Gasteiger partial charge on any atom is -0.396 e. The summed E-state index contributed by atoms with van der Waals surface area (Å²) in [7, 11) is 0. The summed E-state index contributed by atoms with van der Waals surface area (Å²) in [6.45, 7) is 2.80. The zero-order chi connectivity index (χ0) is 11.9. The van der Waals surface area contributed by atoms with Crippen LogP contribution in [0.2, 0.25) is 10.0 Å². The molecule has 0 radical (unpaired) electrons. The minimum absolute atomic E-state index is 0.122. The van der Waals surface area contributed by atoms with Gasteiger partial charge in [-0.3, -0.25) is 0 Å². The summed E-state index contributed by atoms with van der Waals surface area (Å²) in [6, 6.07) is 5.60. The van der Waals surface area contributed by atoms with Crippen LogP contribution in [0.4, 0.5) is 0 Å². The first-order chi connectivity index (χ1) is 7.57. The van der Waals surface area contributed by atoms with Crippen LogP contribution in [0.5, 0.6) is 0 Å². The highest BCUT2D eigenvalue weighted by molar-refractivity contribution is 6.42. The Labute approximate surface area is 105 Å². The van der Waals surface area contributed by atoms with Crippen molar-refractivity contribution in [1.29, 1.82) is 0 Å². The van der Waals surface area contributed by atoms with Gasteiger partial charge in [-0.2, -0.15) is 0 Å². The molecule has 0 heterocycles. The second kappa shape index (κ2) is 4.19. The van der Waals surface area contributed by atoms with Crippen LogP contribution in [0.3, 0.4) is 0 Å². The Morgan fingerprint density at radius 2 is 2.06 bits per heavy atom. The first kappa shape index (κ1) is 12.2. The average Bonchev–Trinajstić information content (AvgIpc) is 2.88. The van der Waals surface area contributed by atoms with Gasteiger partial charge >= 0.3 is 0 Å². The van der Waals surface area contributed by atoms with Gasteiger partial charge in [-0.25, -0.2) is 0 Å². The lowest BCUT2D eigenvalue weighted by molar-refractivity contribution is 0.261. The molecular formula is C12H15Cl2NO. The zero-order valence-corrected chi connectivity index (χ0v) is 10.6. The van der Waals surface area contributed by atoms with E-state index in [-0.39, 0.29) is 17.9 Å². The molecule has 4 heteroatoms. The Bertz CT molecular complexity index is 410. The SMILES string of the molecule is C[C@@H]1[C@H](CO)[C@]1(CN)c1ccc(Cl)c(Cl)c1. The summed E-state index contributed by atoms with van der Waals surface area (Å²) in [5.41, 5.74) is 6.82. The smallest absolute Gasteiger partial charge is 0.0595 e. The number of rotatable bonds is 3. The van der Waals surface area contributed by atoms with Crippen molar-refractivity contribution in [2.24, 2.45) is 17.6 Å². The Balaban J connectivity index is 2.40. The Morgan fingerprint density at radius 3 is 2.50 bits per heavy atom. The molecule has 0 bridgehead atoms. The van der Waals surface area contributed by atoms with Gasteiger partial charge in [0.25, 0.3) is 0 Å². The van der Waals surface area contributed by atoms with Gasteiger partial charge in [0.15, 0.2) is 0 Å². The van der Waals surface area contributed by atoms with Gasteiger partial charge in [-0.05, 0) is 29.5 Å². The van der Waals surface area contributed by atoms with Crippen LogP contribution in [0.25, 0.3) is 0 Å². The van der Waals surface area contributed by atoms with E-state index in [1.807, 2.05) is 12.1 Å². The van der Waals surface area contributed by atoms with Crippen molar-refractivity contribution in [3.8, 4) is 0 Å². The quantitative estimate of drug-likeness (QED) is 0.876. The summed E-state index contributed by atoms with van der Waals surface area (Å²) in [6.07, 6.45) is 0. The highest BCUT2D eigenvalue weighted by Gasteiger charge is 2.61. The molecule has 1 fully saturated rings. The molecular weight excluding hydrogens is 245 g/mol. The topological polar surface area (TPSA) is 46.2 Å². The Kier molecular flexibility index (Phi) is 3.19. The van der Waals surface area contributed by atoms with E-state index in [2.05, 4.69) is 6.92 Å². The molecule has 0 unspecified atom stereocenters. The standard InChI is InChI=1S/C12H15Cl2NO/c1-7-9(5-16)12(7,6-15)8-2-3-10(13)11(14)4-8/h2-4,7,9,16H,5-6,15H2,1H3/t7-,9+,12+/m1/s1. The van der Waals surface area contributed by atoms with Crippen molar-refractivity contribution >= 4 is 23.2 Å². The summed E-state index contributed by atoms with van der Waals surface area (Å²) in [5, 5.41) is 10.4. The third-order valence-corrected chi connectivity index (χ3v) is 4.70. The third-order valence-electron chi connectivity index (χ3n) is 3.96. The lowest BCUT2D eigenvalue weighted by Crippen LogP contribution is -2.24. The predicted molar refractivity (Wildman–Crippen MR) is 66.9 cm³/mol. The molecule has 16 heavy (non-hydrogen) atoms.